The highest BCUT2D eigenvalue weighted by Gasteiger charge is 2.47. The largest absolute Gasteiger partial charge is 0.471 e. The van der Waals surface area contributed by atoms with Crippen molar-refractivity contribution in [3.8, 4) is 0 Å². The molecule has 0 unspecified atom stereocenters. The first-order valence-electron chi connectivity index (χ1n) is 6.02. The van der Waals surface area contributed by atoms with Gasteiger partial charge in [0.05, 0.1) is 12.1 Å². The molecule has 3 nitrogen and oxygen atoms in total. The van der Waals surface area contributed by atoms with Gasteiger partial charge < -0.3 is 10.0 Å². The number of piperidine rings is 1. The summed E-state index contributed by atoms with van der Waals surface area (Å²) < 4.78 is 37.7. The zero-order valence-corrected chi connectivity index (χ0v) is 10.1. The maximum absolute atomic E-state index is 12.6. The van der Waals surface area contributed by atoms with E-state index in [9.17, 15) is 23.1 Å². The molecular formula is C13H14F3NO2. The maximum atomic E-state index is 12.6. The molecule has 1 aromatic rings. The van der Waals surface area contributed by atoms with Gasteiger partial charge in [0.1, 0.15) is 0 Å². The predicted octanol–water partition coefficient (Wildman–Crippen LogP) is 2.27. The van der Waals surface area contributed by atoms with E-state index in [2.05, 4.69) is 0 Å². The Bertz CT molecular complexity index is 447. The fourth-order valence-corrected chi connectivity index (χ4v) is 2.42. The molecule has 1 aliphatic heterocycles. The summed E-state index contributed by atoms with van der Waals surface area (Å²) in [5.74, 6) is -1.89. The van der Waals surface area contributed by atoms with Crippen LogP contribution in [0.2, 0.25) is 0 Å². The first-order valence-corrected chi connectivity index (χ1v) is 6.02. The summed E-state index contributed by atoms with van der Waals surface area (Å²) >= 11 is 0. The normalized spacial score (nSPS) is 24.3. The van der Waals surface area contributed by atoms with Gasteiger partial charge in [0.2, 0.25) is 0 Å². The van der Waals surface area contributed by atoms with Crippen molar-refractivity contribution < 1.29 is 23.1 Å². The van der Waals surface area contributed by atoms with Crippen LogP contribution in [0.5, 0.6) is 0 Å². The number of carbonyl (C=O) groups is 1. The first-order chi connectivity index (χ1) is 8.91. The summed E-state index contributed by atoms with van der Waals surface area (Å²) in [4.78, 5) is 12.2. The third kappa shape index (κ3) is 2.89. The highest BCUT2D eigenvalue weighted by Crippen LogP contribution is 2.34. The Morgan fingerprint density at radius 2 is 1.89 bits per heavy atom. The zero-order chi connectivity index (χ0) is 14.0. The Kier molecular flexibility index (Phi) is 3.80. The summed E-state index contributed by atoms with van der Waals surface area (Å²) in [5, 5.41) is 9.95. The molecule has 0 aromatic heterocycles. The van der Waals surface area contributed by atoms with Gasteiger partial charge in [-0.1, -0.05) is 30.3 Å². The predicted molar refractivity (Wildman–Crippen MR) is 62.2 cm³/mol. The van der Waals surface area contributed by atoms with Crippen molar-refractivity contribution in [3.05, 3.63) is 35.9 Å². The van der Waals surface area contributed by atoms with E-state index in [4.69, 9.17) is 0 Å². The highest BCUT2D eigenvalue weighted by molar-refractivity contribution is 5.82. The molecule has 0 bridgehead atoms. The second-order valence-electron chi connectivity index (χ2n) is 4.56. The third-order valence-corrected chi connectivity index (χ3v) is 3.24. The number of rotatable bonds is 1. The second kappa shape index (κ2) is 5.21. The van der Waals surface area contributed by atoms with Crippen LogP contribution in [0.25, 0.3) is 0 Å². The van der Waals surface area contributed by atoms with Gasteiger partial charge in [-0.05, 0) is 18.4 Å². The van der Waals surface area contributed by atoms with Crippen LogP contribution in [0.1, 0.15) is 24.4 Å². The number of halogens is 3. The number of benzene rings is 1. The molecule has 1 aromatic carbocycles. The highest BCUT2D eigenvalue weighted by atomic mass is 19.4. The summed E-state index contributed by atoms with van der Waals surface area (Å²) in [6, 6.07) is 7.39. The fourth-order valence-electron chi connectivity index (χ4n) is 2.42. The number of nitrogens with zero attached hydrogens (tertiary/aromatic N) is 1. The van der Waals surface area contributed by atoms with E-state index < -0.39 is 24.2 Å². The van der Waals surface area contributed by atoms with E-state index in [1.807, 2.05) is 0 Å². The Morgan fingerprint density at radius 1 is 1.26 bits per heavy atom. The van der Waals surface area contributed by atoms with Gasteiger partial charge in [0.15, 0.2) is 0 Å². The number of carbonyl (C=O) groups excluding carboxylic acids is 1. The van der Waals surface area contributed by atoms with Gasteiger partial charge in [-0.15, -0.1) is 0 Å². The van der Waals surface area contributed by atoms with Gasteiger partial charge in [0.25, 0.3) is 0 Å². The molecule has 6 heteroatoms. The molecule has 1 fully saturated rings. The quantitative estimate of drug-likeness (QED) is 0.852. The minimum atomic E-state index is -4.91. The van der Waals surface area contributed by atoms with Crippen molar-refractivity contribution in [2.24, 2.45) is 0 Å². The van der Waals surface area contributed by atoms with E-state index in [0.717, 1.165) is 4.90 Å². The lowest BCUT2D eigenvalue weighted by Crippen LogP contribution is -2.49. The van der Waals surface area contributed by atoms with Crippen LogP contribution in [0.15, 0.2) is 30.3 Å². The summed E-state index contributed by atoms with van der Waals surface area (Å²) in [5.41, 5.74) is 0.521. The second-order valence-corrected chi connectivity index (χ2v) is 4.56. The Balaban J connectivity index is 2.32. The number of amides is 1. The van der Waals surface area contributed by atoms with Crippen LogP contribution in [0, 0.1) is 0 Å². The summed E-state index contributed by atoms with van der Waals surface area (Å²) in [6.45, 7) is 0.00889. The Labute approximate surface area is 108 Å². The van der Waals surface area contributed by atoms with Crippen molar-refractivity contribution in [3.63, 3.8) is 0 Å². The average molecular weight is 273 g/mol. The van der Waals surface area contributed by atoms with Crippen LogP contribution in [-0.2, 0) is 4.79 Å². The molecule has 1 aliphatic rings. The monoisotopic (exact) mass is 273 g/mol. The van der Waals surface area contributed by atoms with Crippen molar-refractivity contribution in [2.75, 3.05) is 6.54 Å². The van der Waals surface area contributed by atoms with Crippen LogP contribution in [0.3, 0.4) is 0 Å². The maximum Gasteiger partial charge on any atom is 0.471 e. The molecule has 0 spiro atoms. The van der Waals surface area contributed by atoms with Crippen LogP contribution in [-0.4, -0.2) is 34.7 Å². The van der Waals surface area contributed by atoms with Gasteiger partial charge in [-0.3, -0.25) is 4.79 Å². The number of likely N-dealkylation sites (tertiary alicyclic amines) is 1. The smallest absolute Gasteiger partial charge is 0.391 e. The molecular weight excluding hydrogens is 259 g/mol. The van der Waals surface area contributed by atoms with Crippen LogP contribution < -0.4 is 0 Å². The van der Waals surface area contributed by atoms with Crippen molar-refractivity contribution in [2.45, 2.75) is 31.2 Å². The number of hydrogen-bond acceptors (Lipinski definition) is 2. The van der Waals surface area contributed by atoms with E-state index in [1.165, 1.54) is 0 Å². The number of aliphatic hydroxyl groups excluding tert-OH is 1. The molecule has 2 rings (SSSR count). The molecule has 0 aliphatic carbocycles. The molecule has 19 heavy (non-hydrogen) atoms. The first kappa shape index (κ1) is 13.9. The van der Waals surface area contributed by atoms with Crippen molar-refractivity contribution in [1.82, 2.24) is 4.90 Å². The van der Waals surface area contributed by atoms with Gasteiger partial charge in [0, 0.05) is 6.54 Å². The molecule has 0 saturated carbocycles. The Morgan fingerprint density at radius 3 is 2.47 bits per heavy atom. The minimum Gasteiger partial charge on any atom is -0.391 e. The van der Waals surface area contributed by atoms with Crippen LogP contribution in [0.4, 0.5) is 13.2 Å². The SMILES string of the molecule is O=C(N1CCC[C@@H](O)[C@@H]1c1ccccc1)C(F)(F)F. The van der Waals surface area contributed by atoms with E-state index >= 15 is 0 Å². The number of alkyl halides is 3. The lowest BCUT2D eigenvalue weighted by atomic mass is 9.92. The van der Waals surface area contributed by atoms with Crippen molar-refractivity contribution in [1.29, 1.82) is 0 Å². The molecule has 1 saturated heterocycles. The lowest BCUT2D eigenvalue weighted by Gasteiger charge is -2.39. The lowest BCUT2D eigenvalue weighted by molar-refractivity contribution is -0.192. The van der Waals surface area contributed by atoms with Gasteiger partial charge in [-0.25, -0.2) is 0 Å². The number of hydrogen-bond donors (Lipinski definition) is 1. The Hall–Kier alpha value is -1.56. The third-order valence-electron chi connectivity index (χ3n) is 3.24. The average Bonchev–Trinajstić information content (AvgIpc) is 2.37. The molecule has 104 valence electrons. The molecule has 0 radical (unpaired) electrons. The standard InChI is InChI=1S/C13H14F3NO2/c14-13(15,16)12(19)17-8-4-7-10(18)11(17)9-5-2-1-3-6-9/h1-3,5-6,10-11,18H,4,7-8H2/t10-,11+/m1/s1. The molecule has 1 heterocycles. The fraction of sp³-hybridized carbons (Fsp3) is 0.462. The molecule has 1 amide bonds. The van der Waals surface area contributed by atoms with Gasteiger partial charge in [-0.2, -0.15) is 13.2 Å². The van der Waals surface area contributed by atoms with E-state index in [0.29, 0.717) is 18.4 Å². The molecule has 1 N–H and O–H groups in total. The molecule has 2 atom stereocenters. The summed E-state index contributed by atoms with van der Waals surface area (Å²) in [6.07, 6.45) is -5.13. The summed E-state index contributed by atoms with van der Waals surface area (Å²) in [7, 11) is 0. The topological polar surface area (TPSA) is 40.5 Å². The van der Waals surface area contributed by atoms with Gasteiger partial charge >= 0.3 is 12.1 Å². The van der Waals surface area contributed by atoms with Crippen LogP contribution >= 0.6 is 0 Å². The van der Waals surface area contributed by atoms with E-state index in [-0.39, 0.29) is 6.54 Å². The zero-order valence-electron chi connectivity index (χ0n) is 10.1. The van der Waals surface area contributed by atoms with Crippen molar-refractivity contribution >= 4 is 5.91 Å². The number of aliphatic hydroxyl groups is 1. The van der Waals surface area contributed by atoms with E-state index in [1.54, 1.807) is 30.3 Å². The minimum absolute atomic E-state index is 0.00889.